The van der Waals surface area contributed by atoms with Crippen molar-refractivity contribution in [2.75, 3.05) is 13.1 Å². The average molecular weight is 519 g/mol. The molecule has 2 unspecified atom stereocenters. The first-order chi connectivity index (χ1) is 17.3. The van der Waals surface area contributed by atoms with Crippen molar-refractivity contribution in [3.8, 4) is 0 Å². The Morgan fingerprint density at radius 2 is 1.62 bits per heavy atom. The lowest BCUT2D eigenvalue weighted by molar-refractivity contribution is -0.142. The molecule has 2 atom stereocenters. The monoisotopic (exact) mass is 518 g/mol. The number of carbonyl (C=O) groups is 4. The number of aryl methyl sites for hydroxylation is 2. The van der Waals surface area contributed by atoms with Crippen LogP contribution in [0.1, 0.15) is 95.9 Å². The van der Waals surface area contributed by atoms with E-state index in [9.17, 15) is 19.2 Å². The summed E-state index contributed by atoms with van der Waals surface area (Å²) in [6.45, 7) is 13.8. The third-order valence-electron chi connectivity index (χ3n) is 5.91. The zero-order valence-corrected chi connectivity index (χ0v) is 23.6. The maximum absolute atomic E-state index is 14.1. The van der Waals surface area contributed by atoms with E-state index < -0.39 is 35.6 Å². The first-order valence-corrected chi connectivity index (χ1v) is 13.2. The fraction of sp³-hybridized carbons (Fsp3) is 0.643. The Kier molecular flexibility index (Phi) is 13.1. The van der Waals surface area contributed by atoms with Crippen molar-refractivity contribution in [1.29, 1.82) is 0 Å². The number of hydrogen-bond acceptors (Lipinski definition) is 5. The van der Waals surface area contributed by atoms with Gasteiger partial charge in [0.15, 0.2) is 0 Å². The van der Waals surface area contributed by atoms with Crippen LogP contribution in [0.2, 0.25) is 0 Å². The van der Waals surface area contributed by atoms with Crippen molar-refractivity contribution in [2.24, 2.45) is 5.73 Å². The highest BCUT2D eigenvalue weighted by molar-refractivity contribution is 5.93. The van der Waals surface area contributed by atoms with Crippen molar-refractivity contribution < 1.29 is 23.9 Å². The number of primary amides is 1. The van der Waals surface area contributed by atoms with Crippen LogP contribution in [0.3, 0.4) is 0 Å². The lowest BCUT2D eigenvalue weighted by Crippen LogP contribution is -2.53. The molecule has 0 aromatic heterocycles. The second kappa shape index (κ2) is 15.2. The molecule has 0 radical (unpaired) electrons. The molecule has 0 saturated carbocycles. The van der Waals surface area contributed by atoms with Crippen LogP contribution in [0.5, 0.6) is 0 Å². The molecule has 4 amide bonds. The van der Waals surface area contributed by atoms with Gasteiger partial charge in [-0.2, -0.15) is 0 Å². The summed E-state index contributed by atoms with van der Waals surface area (Å²) in [5.74, 6) is -1.33. The minimum Gasteiger partial charge on any atom is -0.444 e. The predicted molar refractivity (Wildman–Crippen MR) is 145 cm³/mol. The maximum atomic E-state index is 14.1. The number of benzene rings is 1. The van der Waals surface area contributed by atoms with E-state index in [2.05, 4.69) is 10.6 Å². The molecule has 9 nitrogen and oxygen atoms in total. The number of unbranched alkanes of at least 4 members (excludes halogenated alkanes) is 2. The molecule has 1 aromatic rings. The van der Waals surface area contributed by atoms with Crippen molar-refractivity contribution in [3.05, 3.63) is 34.9 Å². The lowest BCUT2D eigenvalue weighted by Gasteiger charge is -2.35. The number of carbonyl (C=O) groups excluding carboxylic acids is 4. The quantitative estimate of drug-likeness (QED) is 0.320. The van der Waals surface area contributed by atoms with Gasteiger partial charge >= 0.3 is 6.09 Å². The molecule has 0 fully saturated rings. The number of nitrogens with two attached hydrogens (primary N) is 1. The Morgan fingerprint density at radius 1 is 1.03 bits per heavy atom. The normalized spacial score (nSPS) is 12.8. The second-order valence-corrected chi connectivity index (χ2v) is 10.4. The van der Waals surface area contributed by atoms with Crippen LogP contribution in [0.25, 0.3) is 0 Å². The Hall–Kier alpha value is -3.10. The fourth-order valence-corrected chi connectivity index (χ4v) is 4.06. The summed E-state index contributed by atoms with van der Waals surface area (Å²) in [6, 6.07) is 3.77. The SMILES string of the molecule is CCCCNC(=O)C(c1c(C)cccc1C)N(CCCC)C(=O)C(CCC(N)=O)NC(=O)OC(C)(C)C. The van der Waals surface area contributed by atoms with E-state index in [0.29, 0.717) is 19.5 Å². The van der Waals surface area contributed by atoms with Crippen LogP contribution < -0.4 is 16.4 Å². The Labute approximate surface area is 221 Å². The summed E-state index contributed by atoms with van der Waals surface area (Å²) >= 11 is 0. The van der Waals surface area contributed by atoms with E-state index in [1.807, 2.05) is 45.9 Å². The van der Waals surface area contributed by atoms with Crippen LogP contribution in [0.15, 0.2) is 18.2 Å². The number of rotatable bonds is 14. The average Bonchev–Trinajstić information content (AvgIpc) is 2.79. The smallest absolute Gasteiger partial charge is 0.408 e. The first-order valence-electron chi connectivity index (χ1n) is 13.2. The minimum absolute atomic E-state index is 0.00698. The van der Waals surface area contributed by atoms with Crippen molar-refractivity contribution in [2.45, 2.75) is 105 Å². The van der Waals surface area contributed by atoms with Crippen LogP contribution in [-0.2, 0) is 19.1 Å². The molecule has 0 bridgehead atoms. The molecule has 0 aliphatic carbocycles. The highest BCUT2D eigenvalue weighted by atomic mass is 16.6. The number of alkyl carbamates (subject to hydrolysis) is 1. The van der Waals surface area contributed by atoms with Crippen molar-refractivity contribution in [1.82, 2.24) is 15.5 Å². The van der Waals surface area contributed by atoms with Gasteiger partial charge in [0, 0.05) is 19.5 Å². The molecule has 4 N–H and O–H groups in total. The number of hydrogen-bond donors (Lipinski definition) is 3. The molecule has 208 valence electrons. The molecule has 0 saturated heterocycles. The molecule has 1 rings (SSSR count). The molecule has 1 aromatic carbocycles. The summed E-state index contributed by atoms with van der Waals surface area (Å²) in [4.78, 5) is 53.4. The van der Waals surface area contributed by atoms with E-state index in [0.717, 1.165) is 36.0 Å². The minimum atomic E-state index is -1.09. The molecule has 9 heteroatoms. The fourth-order valence-electron chi connectivity index (χ4n) is 4.06. The van der Waals surface area contributed by atoms with Gasteiger partial charge in [0.1, 0.15) is 17.7 Å². The van der Waals surface area contributed by atoms with Gasteiger partial charge in [-0.1, -0.05) is 44.9 Å². The van der Waals surface area contributed by atoms with Gasteiger partial charge < -0.3 is 26.0 Å². The van der Waals surface area contributed by atoms with Gasteiger partial charge in [0.05, 0.1) is 0 Å². The van der Waals surface area contributed by atoms with Crippen LogP contribution in [0.4, 0.5) is 4.79 Å². The Morgan fingerprint density at radius 3 is 2.14 bits per heavy atom. The van der Waals surface area contributed by atoms with Gasteiger partial charge in [0.25, 0.3) is 0 Å². The third kappa shape index (κ3) is 10.8. The molecule has 0 aliphatic heterocycles. The highest BCUT2D eigenvalue weighted by Crippen LogP contribution is 2.29. The standard InChI is InChI=1S/C28H46N4O5/c1-8-10-17-30-25(34)24(23-19(3)13-12-14-20(23)4)32(18-11-9-2)26(35)21(15-16-22(29)33)31-27(36)37-28(5,6)7/h12-14,21,24H,8-11,15-18H2,1-7H3,(H2,29,33)(H,30,34)(H,31,36). The molecular formula is C28H46N4O5. The van der Waals surface area contributed by atoms with Gasteiger partial charge in [-0.25, -0.2) is 4.79 Å². The van der Waals surface area contributed by atoms with E-state index >= 15 is 0 Å². The molecule has 37 heavy (non-hydrogen) atoms. The second-order valence-electron chi connectivity index (χ2n) is 10.4. The van der Waals surface area contributed by atoms with Crippen molar-refractivity contribution >= 4 is 23.8 Å². The maximum Gasteiger partial charge on any atom is 0.408 e. The zero-order chi connectivity index (χ0) is 28.2. The first kappa shape index (κ1) is 31.9. The van der Waals surface area contributed by atoms with E-state index in [1.165, 1.54) is 4.90 Å². The zero-order valence-electron chi connectivity index (χ0n) is 23.6. The number of ether oxygens (including phenoxy) is 1. The molecular weight excluding hydrogens is 472 g/mol. The van der Waals surface area contributed by atoms with E-state index in [1.54, 1.807) is 20.8 Å². The van der Waals surface area contributed by atoms with Gasteiger partial charge in [-0.3, -0.25) is 14.4 Å². The van der Waals surface area contributed by atoms with Gasteiger partial charge in [0.2, 0.25) is 17.7 Å². The summed E-state index contributed by atoms with van der Waals surface area (Å²) < 4.78 is 5.37. The lowest BCUT2D eigenvalue weighted by atomic mass is 9.93. The Bertz CT molecular complexity index is 905. The third-order valence-corrected chi connectivity index (χ3v) is 5.91. The number of amides is 4. The summed E-state index contributed by atoms with van der Waals surface area (Å²) in [7, 11) is 0. The van der Waals surface area contributed by atoms with Crippen LogP contribution in [-0.4, -0.2) is 53.4 Å². The molecule has 0 aliphatic rings. The van der Waals surface area contributed by atoms with E-state index in [4.69, 9.17) is 10.5 Å². The molecule has 0 spiro atoms. The summed E-state index contributed by atoms with van der Waals surface area (Å²) in [6.07, 6.45) is 2.30. The topological polar surface area (TPSA) is 131 Å². The van der Waals surface area contributed by atoms with Gasteiger partial charge in [-0.05, 0) is 70.6 Å². The Balaban J connectivity index is 3.53. The predicted octanol–water partition coefficient (Wildman–Crippen LogP) is 4.05. The van der Waals surface area contributed by atoms with Gasteiger partial charge in [-0.15, -0.1) is 0 Å². The summed E-state index contributed by atoms with van der Waals surface area (Å²) in [5, 5.41) is 5.61. The van der Waals surface area contributed by atoms with Crippen LogP contribution >= 0.6 is 0 Å². The largest absolute Gasteiger partial charge is 0.444 e. The number of nitrogens with one attached hydrogen (secondary N) is 2. The number of nitrogens with zero attached hydrogens (tertiary/aromatic N) is 1. The highest BCUT2D eigenvalue weighted by Gasteiger charge is 2.37. The summed E-state index contributed by atoms with van der Waals surface area (Å²) in [5.41, 5.74) is 7.12. The van der Waals surface area contributed by atoms with Crippen molar-refractivity contribution in [3.63, 3.8) is 0 Å². The van der Waals surface area contributed by atoms with E-state index in [-0.39, 0.29) is 18.7 Å². The molecule has 0 heterocycles. The van der Waals surface area contributed by atoms with Crippen LogP contribution in [0, 0.1) is 13.8 Å².